The Balaban J connectivity index is 1.62. The van der Waals surface area contributed by atoms with Gasteiger partial charge >= 0.3 is 0 Å². The number of rotatable bonds is 3. The first-order valence-corrected chi connectivity index (χ1v) is 11.0. The molecule has 168 valence electrons. The normalized spacial score (nSPS) is 18.1. The fourth-order valence-electron chi connectivity index (χ4n) is 4.63. The lowest BCUT2D eigenvalue weighted by Crippen LogP contribution is -2.33. The summed E-state index contributed by atoms with van der Waals surface area (Å²) in [5, 5.41) is 25.9. The standard InChI is InChI=1S/C23H17ClN8O2/c24-16-6-7-31-19(16)23(34)32(14-4-2-1-3-5-14)21(29-31)17-8-15(33)11-30(17)22-18-13(9-25)10-26-20(18)27-12-28-22/h1-7,10,12,15,17,33H,8,11H2,(H,26,27,28)/t15-,17+/m1/s1. The minimum atomic E-state index is -0.690. The van der Waals surface area contributed by atoms with E-state index in [1.165, 1.54) is 15.4 Å². The number of H-pyrrole nitrogens is 1. The molecular formula is C23H17ClN8O2. The molecule has 11 heteroatoms. The van der Waals surface area contributed by atoms with Crippen molar-refractivity contribution in [3.8, 4) is 11.8 Å². The van der Waals surface area contributed by atoms with Crippen LogP contribution in [0.3, 0.4) is 0 Å². The zero-order chi connectivity index (χ0) is 23.4. The van der Waals surface area contributed by atoms with Crippen LogP contribution in [0, 0.1) is 11.3 Å². The van der Waals surface area contributed by atoms with Gasteiger partial charge in [-0.3, -0.25) is 9.36 Å². The molecule has 1 aliphatic heterocycles. The number of aromatic nitrogens is 6. The van der Waals surface area contributed by atoms with E-state index >= 15 is 0 Å². The molecule has 0 spiro atoms. The first-order valence-electron chi connectivity index (χ1n) is 10.6. The maximum atomic E-state index is 13.6. The van der Waals surface area contributed by atoms with Crippen molar-refractivity contribution >= 4 is 34.0 Å². The van der Waals surface area contributed by atoms with Gasteiger partial charge in [0.1, 0.15) is 29.4 Å². The van der Waals surface area contributed by atoms with Gasteiger partial charge in [-0.2, -0.15) is 10.4 Å². The van der Waals surface area contributed by atoms with Crippen molar-refractivity contribution in [2.24, 2.45) is 0 Å². The molecule has 34 heavy (non-hydrogen) atoms. The molecule has 1 aliphatic rings. The van der Waals surface area contributed by atoms with E-state index in [1.54, 1.807) is 18.5 Å². The summed E-state index contributed by atoms with van der Waals surface area (Å²) in [6.07, 6.45) is 4.25. The highest BCUT2D eigenvalue weighted by Crippen LogP contribution is 2.38. The number of nitriles is 1. The predicted molar refractivity (Wildman–Crippen MR) is 125 cm³/mol. The van der Waals surface area contributed by atoms with Gasteiger partial charge < -0.3 is 15.0 Å². The van der Waals surface area contributed by atoms with Crippen LogP contribution in [0.1, 0.15) is 23.9 Å². The predicted octanol–water partition coefficient (Wildman–Crippen LogP) is 2.59. The molecule has 4 aromatic heterocycles. The largest absolute Gasteiger partial charge is 0.391 e. The van der Waals surface area contributed by atoms with Gasteiger partial charge in [0.2, 0.25) is 0 Å². The molecule has 0 radical (unpaired) electrons. The number of para-hydroxylation sites is 1. The van der Waals surface area contributed by atoms with Crippen molar-refractivity contribution < 1.29 is 5.11 Å². The maximum Gasteiger partial charge on any atom is 0.284 e. The van der Waals surface area contributed by atoms with E-state index in [0.29, 0.717) is 45.4 Å². The molecular weight excluding hydrogens is 456 g/mol. The number of nitrogens with zero attached hydrogens (tertiary/aromatic N) is 7. The van der Waals surface area contributed by atoms with E-state index < -0.39 is 12.1 Å². The SMILES string of the molecule is N#Cc1c[nH]c2ncnc(N3C[C@H](O)C[C@H]3c3nn4ccc(Cl)c4c(=O)n3-c3ccccc3)c12. The third-order valence-electron chi connectivity index (χ3n) is 6.10. The molecule has 0 aliphatic carbocycles. The number of benzene rings is 1. The van der Waals surface area contributed by atoms with Crippen LogP contribution in [0.2, 0.25) is 5.02 Å². The topological polar surface area (TPSA) is 128 Å². The fraction of sp³-hybridized carbons (Fsp3) is 0.174. The summed E-state index contributed by atoms with van der Waals surface area (Å²) in [7, 11) is 0. The number of nitrogens with one attached hydrogen (secondary N) is 1. The molecule has 0 unspecified atom stereocenters. The fourth-order valence-corrected chi connectivity index (χ4v) is 4.86. The van der Waals surface area contributed by atoms with Crippen LogP contribution < -0.4 is 10.5 Å². The van der Waals surface area contributed by atoms with Crippen LogP contribution in [0.5, 0.6) is 0 Å². The Morgan fingerprint density at radius 1 is 1.21 bits per heavy atom. The van der Waals surface area contributed by atoms with Gasteiger partial charge in [-0.15, -0.1) is 0 Å². The van der Waals surface area contributed by atoms with Crippen molar-refractivity contribution in [3.63, 3.8) is 0 Å². The first-order chi connectivity index (χ1) is 16.6. The van der Waals surface area contributed by atoms with Gasteiger partial charge in [0, 0.05) is 25.4 Å². The average molecular weight is 473 g/mol. The highest BCUT2D eigenvalue weighted by molar-refractivity contribution is 6.33. The van der Waals surface area contributed by atoms with Crippen LogP contribution in [-0.2, 0) is 0 Å². The molecule has 5 heterocycles. The molecule has 6 rings (SSSR count). The van der Waals surface area contributed by atoms with Crippen molar-refractivity contribution in [3.05, 3.63) is 81.9 Å². The second-order valence-corrected chi connectivity index (χ2v) is 8.49. The van der Waals surface area contributed by atoms with E-state index in [2.05, 4.69) is 21.0 Å². The third-order valence-corrected chi connectivity index (χ3v) is 6.40. The number of anilines is 1. The van der Waals surface area contributed by atoms with E-state index in [4.69, 9.17) is 16.7 Å². The Bertz CT molecular complexity index is 1650. The summed E-state index contributed by atoms with van der Waals surface area (Å²) < 4.78 is 2.99. The number of β-amino-alcohol motifs (C(OH)–C–C–N with tert-alkyl or cyclic N) is 1. The van der Waals surface area contributed by atoms with Gasteiger partial charge in [-0.1, -0.05) is 29.8 Å². The van der Waals surface area contributed by atoms with Crippen LogP contribution in [0.25, 0.3) is 22.2 Å². The van der Waals surface area contributed by atoms with Crippen LogP contribution in [0.15, 0.2) is 59.9 Å². The molecule has 0 amide bonds. The number of hydrogen-bond donors (Lipinski definition) is 2. The molecule has 2 N–H and O–H groups in total. The molecule has 1 aromatic carbocycles. The lowest BCUT2D eigenvalue weighted by Gasteiger charge is -2.27. The molecule has 2 atom stereocenters. The van der Waals surface area contributed by atoms with Gasteiger partial charge in [0.25, 0.3) is 5.56 Å². The molecule has 5 aromatic rings. The summed E-state index contributed by atoms with van der Waals surface area (Å²) in [6, 6.07) is 12.5. The Hall–Kier alpha value is -4.20. The van der Waals surface area contributed by atoms with Crippen LogP contribution in [-0.4, -0.2) is 46.9 Å². The van der Waals surface area contributed by atoms with Gasteiger partial charge in [0.15, 0.2) is 5.82 Å². The highest BCUT2D eigenvalue weighted by atomic mass is 35.5. The number of hydrogen-bond acceptors (Lipinski definition) is 7. The lowest BCUT2D eigenvalue weighted by molar-refractivity contribution is 0.193. The summed E-state index contributed by atoms with van der Waals surface area (Å²) in [6.45, 7) is 0.252. The van der Waals surface area contributed by atoms with Crippen LogP contribution in [0.4, 0.5) is 5.82 Å². The summed E-state index contributed by atoms with van der Waals surface area (Å²) >= 11 is 6.31. The number of aromatic amines is 1. The van der Waals surface area contributed by atoms with Crippen molar-refractivity contribution in [1.82, 2.24) is 29.1 Å². The number of aliphatic hydroxyl groups is 1. The Kier molecular flexibility index (Phi) is 4.62. The Morgan fingerprint density at radius 3 is 2.82 bits per heavy atom. The van der Waals surface area contributed by atoms with E-state index in [1.807, 2.05) is 35.2 Å². The van der Waals surface area contributed by atoms with Crippen LogP contribution >= 0.6 is 11.6 Å². The van der Waals surface area contributed by atoms with Gasteiger partial charge in [-0.05, 0) is 18.2 Å². The van der Waals surface area contributed by atoms with Crippen molar-refractivity contribution in [2.75, 3.05) is 11.4 Å². The molecule has 1 fully saturated rings. The monoisotopic (exact) mass is 472 g/mol. The van der Waals surface area contributed by atoms with E-state index in [9.17, 15) is 15.2 Å². The first kappa shape index (κ1) is 20.4. The smallest absolute Gasteiger partial charge is 0.284 e. The number of fused-ring (bicyclic) bond motifs is 2. The minimum Gasteiger partial charge on any atom is -0.391 e. The molecule has 10 nitrogen and oxygen atoms in total. The van der Waals surface area contributed by atoms with Crippen molar-refractivity contribution in [1.29, 1.82) is 5.26 Å². The zero-order valence-electron chi connectivity index (χ0n) is 17.6. The second kappa shape index (κ2) is 7.69. The lowest BCUT2D eigenvalue weighted by atomic mass is 10.1. The maximum absolute atomic E-state index is 13.6. The quantitative estimate of drug-likeness (QED) is 0.413. The Morgan fingerprint density at radius 2 is 2.03 bits per heavy atom. The van der Waals surface area contributed by atoms with Crippen molar-refractivity contribution in [2.45, 2.75) is 18.6 Å². The van der Waals surface area contributed by atoms with Gasteiger partial charge in [-0.25, -0.2) is 14.5 Å². The number of halogens is 1. The zero-order valence-corrected chi connectivity index (χ0v) is 18.4. The number of aliphatic hydroxyl groups excluding tert-OH is 1. The highest BCUT2D eigenvalue weighted by Gasteiger charge is 2.38. The second-order valence-electron chi connectivity index (χ2n) is 8.08. The molecule has 1 saturated heterocycles. The molecule has 0 bridgehead atoms. The summed E-state index contributed by atoms with van der Waals surface area (Å²) in [4.78, 5) is 27.2. The van der Waals surface area contributed by atoms with E-state index in [0.717, 1.165) is 0 Å². The van der Waals surface area contributed by atoms with E-state index in [-0.39, 0.29) is 17.6 Å². The minimum absolute atomic E-state index is 0.252. The Labute approximate surface area is 197 Å². The summed E-state index contributed by atoms with van der Waals surface area (Å²) in [5.41, 5.74) is 1.48. The third kappa shape index (κ3) is 2.98. The average Bonchev–Trinajstić information content (AvgIpc) is 3.55. The molecule has 0 saturated carbocycles. The summed E-state index contributed by atoms with van der Waals surface area (Å²) in [5.74, 6) is 0.914. The van der Waals surface area contributed by atoms with Gasteiger partial charge in [0.05, 0.1) is 33.8 Å².